The minimum atomic E-state index is -0.344. The summed E-state index contributed by atoms with van der Waals surface area (Å²) in [5, 5.41) is 6.22. The van der Waals surface area contributed by atoms with Gasteiger partial charge in [-0.3, -0.25) is 14.9 Å². The number of carbonyl (C=O) groups is 2. The highest BCUT2D eigenvalue weighted by Gasteiger charge is 2.46. The highest BCUT2D eigenvalue weighted by molar-refractivity contribution is 6.01. The maximum atomic E-state index is 13.0. The van der Waals surface area contributed by atoms with Crippen molar-refractivity contribution in [3.8, 4) is 0 Å². The molecule has 2 aromatic rings. The second kappa shape index (κ2) is 7.63. The molecule has 2 amide bonds. The average Bonchev–Trinajstić information content (AvgIpc) is 2.69. The number of hydrogen-bond acceptors (Lipinski definition) is 3. The Morgan fingerprint density at radius 2 is 1.57 bits per heavy atom. The minimum absolute atomic E-state index is 0.0840. The molecular weight excluding hydrogens is 348 g/mol. The van der Waals surface area contributed by atoms with Crippen LogP contribution in [0.4, 0.5) is 5.69 Å². The summed E-state index contributed by atoms with van der Waals surface area (Å²) in [6.07, 6.45) is 5.86. The third-order valence-corrected chi connectivity index (χ3v) is 5.94. The summed E-state index contributed by atoms with van der Waals surface area (Å²) in [5.41, 5.74) is 4.39. The van der Waals surface area contributed by atoms with E-state index in [9.17, 15) is 9.59 Å². The molecule has 2 N–H and O–H groups in total. The number of fused-ring (bicyclic) bond motifs is 1. The highest BCUT2D eigenvalue weighted by atomic mass is 16.2. The van der Waals surface area contributed by atoms with Crippen LogP contribution in [0.2, 0.25) is 0 Å². The molecule has 0 radical (unpaired) electrons. The van der Waals surface area contributed by atoms with Gasteiger partial charge < -0.3 is 5.32 Å². The van der Waals surface area contributed by atoms with Crippen molar-refractivity contribution >= 4 is 17.5 Å². The topological polar surface area (TPSA) is 58.2 Å². The lowest BCUT2D eigenvalue weighted by atomic mass is 9.69. The van der Waals surface area contributed by atoms with E-state index in [1.54, 1.807) is 0 Å². The first-order valence-electron chi connectivity index (χ1n) is 9.94. The van der Waals surface area contributed by atoms with Gasteiger partial charge in [0, 0.05) is 17.5 Å². The van der Waals surface area contributed by atoms with Gasteiger partial charge in [-0.1, -0.05) is 59.7 Å². The lowest BCUT2D eigenvalue weighted by molar-refractivity contribution is -0.143. The van der Waals surface area contributed by atoms with Gasteiger partial charge in [0.25, 0.3) is 0 Å². The van der Waals surface area contributed by atoms with Gasteiger partial charge in [0.15, 0.2) is 0 Å². The molecule has 0 bridgehead atoms. The minimum Gasteiger partial charge on any atom is -0.377 e. The van der Waals surface area contributed by atoms with Crippen molar-refractivity contribution in [3.63, 3.8) is 0 Å². The number of hydrogen-bond donors (Lipinski definition) is 2. The van der Waals surface area contributed by atoms with Crippen molar-refractivity contribution < 1.29 is 9.59 Å². The largest absolute Gasteiger partial charge is 0.377 e. The zero-order chi connectivity index (χ0) is 19.7. The molecule has 4 nitrogen and oxygen atoms in total. The van der Waals surface area contributed by atoms with Crippen LogP contribution in [-0.2, 0) is 9.59 Å². The smallest absolute Gasteiger partial charge is 0.232 e. The number of anilines is 1. The Kier molecular flexibility index (Phi) is 5.03. The summed E-state index contributed by atoms with van der Waals surface area (Å²) in [6.45, 7) is 4.11. The normalized spacial score (nSPS) is 25.0. The van der Waals surface area contributed by atoms with E-state index in [-0.39, 0.29) is 35.6 Å². The number of aryl methyl sites for hydroxylation is 2. The quantitative estimate of drug-likeness (QED) is 0.619. The fourth-order valence-corrected chi connectivity index (χ4v) is 4.36. The molecule has 1 heterocycles. The Bertz CT molecular complexity index is 899. The third kappa shape index (κ3) is 3.59. The zero-order valence-corrected chi connectivity index (χ0v) is 16.3. The molecule has 0 spiro atoms. The van der Waals surface area contributed by atoms with Crippen LogP contribution in [0.15, 0.2) is 60.7 Å². The number of piperidine rings is 1. The van der Waals surface area contributed by atoms with E-state index in [1.807, 2.05) is 12.1 Å². The van der Waals surface area contributed by atoms with Crippen molar-refractivity contribution in [2.24, 2.45) is 17.8 Å². The number of amides is 2. The van der Waals surface area contributed by atoms with Crippen LogP contribution >= 0.6 is 0 Å². The van der Waals surface area contributed by atoms with Gasteiger partial charge in [-0.05, 0) is 44.4 Å². The van der Waals surface area contributed by atoms with Gasteiger partial charge in [0.05, 0.1) is 12.0 Å². The predicted molar refractivity (Wildman–Crippen MR) is 111 cm³/mol. The second-order valence-corrected chi connectivity index (χ2v) is 7.97. The first-order valence-corrected chi connectivity index (χ1v) is 9.94. The molecule has 0 aromatic heterocycles. The lowest BCUT2D eigenvalue weighted by Gasteiger charge is -2.41. The Balaban J connectivity index is 1.74. The predicted octanol–water partition coefficient (Wildman–Crippen LogP) is 4.31. The summed E-state index contributed by atoms with van der Waals surface area (Å²) >= 11 is 0. The Labute approximate surface area is 166 Å². The maximum absolute atomic E-state index is 13.0. The summed E-state index contributed by atoms with van der Waals surface area (Å²) in [5.74, 6) is -0.889. The maximum Gasteiger partial charge on any atom is 0.232 e. The highest BCUT2D eigenvalue weighted by Crippen LogP contribution is 2.41. The van der Waals surface area contributed by atoms with Crippen LogP contribution < -0.4 is 10.6 Å². The van der Waals surface area contributed by atoms with Crippen molar-refractivity contribution in [3.05, 3.63) is 77.4 Å². The molecule has 144 valence electrons. The van der Waals surface area contributed by atoms with E-state index in [1.165, 1.54) is 11.1 Å². The van der Waals surface area contributed by atoms with Crippen LogP contribution in [0.5, 0.6) is 0 Å². The van der Waals surface area contributed by atoms with Crippen LogP contribution in [0.3, 0.4) is 0 Å². The Hall–Kier alpha value is -2.88. The van der Waals surface area contributed by atoms with Gasteiger partial charge in [-0.2, -0.15) is 0 Å². The summed E-state index contributed by atoms with van der Waals surface area (Å²) < 4.78 is 0. The standard InChI is InChI=1S/C24H26N2O2/c1-15-7-11-17(12-8-15)22(25-18-13-9-16(2)10-14-18)21-19-5-3-4-6-20(19)23(27)26-24(21)28/h3,5,7-14,19-22,25H,4,6H2,1-2H3,(H,26,27,28)/t19-,20+,21+,22+/m0/s1. The monoisotopic (exact) mass is 374 g/mol. The van der Waals surface area contributed by atoms with Crippen molar-refractivity contribution in [1.29, 1.82) is 0 Å². The van der Waals surface area contributed by atoms with E-state index in [0.717, 1.165) is 24.1 Å². The number of nitrogens with one attached hydrogen (secondary N) is 2. The van der Waals surface area contributed by atoms with E-state index >= 15 is 0 Å². The number of imide groups is 1. The van der Waals surface area contributed by atoms with E-state index < -0.39 is 0 Å². The third-order valence-electron chi connectivity index (χ3n) is 5.94. The molecule has 0 saturated carbocycles. The molecule has 4 rings (SSSR count). The van der Waals surface area contributed by atoms with Crippen LogP contribution in [0.25, 0.3) is 0 Å². The molecule has 1 saturated heterocycles. The number of rotatable bonds is 4. The molecule has 4 heteroatoms. The molecular formula is C24H26N2O2. The summed E-state index contributed by atoms with van der Waals surface area (Å²) in [4.78, 5) is 25.4. The van der Waals surface area contributed by atoms with Crippen molar-refractivity contribution in [2.75, 3.05) is 5.32 Å². The number of carbonyl (C=O) groups excluding carboxylic acids is 2. The molecule has 28 heavy (non-hydrogen) atoms. The van der Waals surface area contributed by atoms with Gasteiger partial charge >= 0.3 is 0 Å². The fourth-order valence-electron chi connectivity index (χ4n) is 4.36. The van der Waals surface area contributed by atoms with Gasteiger partial charge in [0.2, 0.25) is 11.8 Å². The van der Waals surface area contributed by atoms with Gasteiger partial charge in [0.1, 0.15) is 0 Å². The summed E-state index contributed by atoms with van der Waals surface area (Å²) in [7, 11) is 0. The van der Waals surface area contributed by atoms with Crippen molar-refractivity contribution in [1.82, 2.24) is 5.32 Å². The van der Waals surface area contributed by atoms with Gasteiger partial charge in [-0.25, -0.2) is 0 Å². The number of benzene rings is 2. The zero-order valence-electron chi connectivity index (χ0n) is 16.3. The molecule has 2 aromatic carbocycles. The van der Waals surface area contributed by atoms with Crippen LogP contribution in [-0.4, -0.2) is 11.8 Å². The molecule has 1 fully saturated rings. The van der Waals surface area contributed by atoms with Gasteiger partial charge in [-0.15, -0.1) is 0 Å². The Morgan fingerprint density at radius 3 is 2.25 bits per heavy atom. The first kappa shape index (κ1) is 18.5. The lowest BCUT2D eigenvalue weighted by Crippen LogP contribution is -2.54. The fraction of sp³-hybridized carbons (Fsp3) is 0.333. The Morgan fingerprint density at radius 1 is 0.929 bits per heavy atom. The van der Waals surface area contributed by atoms with E-state index in [2.05, 4.69) is 73.0 Å². The number of allylic oxidation sites excluding steroid dienone is 2. The van der Waals surface area contributed by atoms with Crippen molar-refractivity contribution in [2.45, 2.75) is 32.7 Å². The molecule has 1 aliphatic heterocycles. The van der Waals surface area contributed by atoms with E-state index in [0.29, 0.717) is 0 Å². The molecule has 4 atom stereocenters. The molecule has 1 aliphatic carbocycles. The van der Waals surface area contributed by atoms with Crippen LogP contribution in [0, 0.1) is 31.6 Å². The molecule has 0 unspecified atom stereocenters. The van der Waals surface area contributed by atoms with E-state index in [4.69, 9.17) is 0 Å². The first-order chi connectivity index (χ1) is 13.5. The van der Waals surface area contributed by atoms with Crippen LogP contribution in [0.1, 0.15) is 35.6 Å². The molecule has 2 aliphatic rings. The average molecular weight is 374 g/mol. The SMILES string of the molecule is Cc1ccc(N[C@H](c2ccc(C)cc2)[C@@H]2C(=O)NC(=O)[C@@H]3CCC=C[C@H]23)cc1. The summed E-state index contributed by atoms with van der Waals surface area (Å²) in [6, 6.07) is 16.3. The second-order valence-electron chi connectivity index (χ2n) is 7.97.